The SMILES string of the molecule is CC#CCCN1CC(OC(=O)c2ccco2)[N+]([O-])(c2nc3ccccc3s2)C1. The van der Waals surface area contributed by atoms with Gasteiger partial charge in [-0.05, 0) is 31.2 Å². The van der Waals surface area contributed by atoms with E-state index in [0.717, 1.165) is 10.2 Å². The molecular formula is C20H19N3O4S. The van der Waals surface area contributed by atoms with Crippen LogP contribution in [-0.2, 0) is 4.74 Å². The summed E-state index contributed by atoms with van der Waals surface area (Å²) in [4.78, 5) is 18.9. The Morgan fingerprint density at radius 3 is 3.04 bits per heavy atom. The maximum atomic E-state index is 13.9. The second kappa shape index (κ2) is 7.73. The molecule has 1 aromatic carbocycles. The van der Waals surface area contributed by atoms with E-state index in [-0.39, 0.29) is 12.4 Å². The lowest BCUT2D eigenvalue weighted by molar-refractivity contribution is 0.00252. The van der Waals surface area contributed by atoms with Gasteiger partial charge in [-0.1, -0.05) is 23.5 Å². The van der Waals surface area contributed by atoms with E-state index in [0.29, 0.717) is 24.6 Å². The number of rotatable bonds is 5. The molecule has 2 aromatic heterocycles. The molecule has 1 fully saturated rings. The van der Waals surface area contributed by atoms with Crippen LogP contribution in [0.15, 0.2) is 47.1 Å². The van der Waals surface area contributed by atoms with Crippen molar-refractivity contribution in [3.8, 4) is 11.8 Å². The Morgan fingerprint density at radius 1 is 1.43 bits per heavy atom. The van der Waals surface area contributed by atoms with Crippen LogP contribution in [0.2, 0.25) is 0 Å². The summed E-state index contributed by atoms with van der Waals surface area (Å²) in [5.41, 5.74) is 0.766. The monoisotopic (exact) mass is 397 g/mol. The van der Waals surface area contributed by atoms with E-state index >= 15 is 0 Å². The van der Waals surface area contributed by atoms with Crippen LogP contribution in [0.3, 0.4) is 0 Å². The van der Waals surface area contributed by atoms with E-state index in [1.165, 1.54) is 23.7 Å². The van der Waals surface area contributed by atoms with Crippen molar-refractivity contribution in [2.75, 3.05) is 19.8 Å². The number of ether oxygens (including phenoxy) is 1. The summed E-state index contributed by atoms with van der Waals surface area (Å²) in [6.07, 6.45) is 1.12. The predicted molar refractivity (Wildman–Crippen MR) is 107 cm³/mol. The number of carbonyl (C=O) groups excluding carboxylic acids is 1. The summed E-state index contributed by atoms with van der Waals surface area (Å²) < 4.78 is 10.8. The predicted octanol–water partition coefficient (Wildman–Crippen LogP) is 3.56. The van der Waals surface area contributed by atoms with Crippen LogP contribution in [0, 0.1) is 17.0 Å². The lowest BCUT2D eigenvalue weighted by Crippen LogP contribution is -2.50. The molecule has 4 rings (SSSR count). The summed E-state index contributed by atoms with van der Waals surface area (Å²) in [6.45, 7) is 2.88. The molecule has 3 heterocycles. The second-order valence-corrected chi connectivity index (χ2v) is 7.50. The highest BCUT2D eigenvalue weighted by Gasteiger charge is 2.46. The van der Waals surface area contributed by atoms with Crippen LogP contribution in [0.4, 0.5) is 5.13 Å². The van der Waals surface area contributed by atoms with E-state index in [1.807, 2.05) is 29.2 Å². The molecule has 0 bridgehead atoms. The first-order valence-corrected chi connectivity index (χ1v) is 9.73. The minimum atomic E-state index is -0.923. The van der Waals surface area contributed by atoms with Gasteiger partial charge in [-0.15, -0.1) is 11.8 Å². The van der Waals surface area contributed by atoms with Gasteiger partial charge in [0, 0.05) is 13.0 Å². The molecule has 7 nitrogen and oxygen atoms in total. The average molecular weight is 397 g/mol. The third kappa shape index (κ3) is 3.53. The van der Waals surface area contributed by atoms with Crippen LogP contribution in [0.25, 0.3) is 10.2 Å². The molecule has 2 atom stereocenters. The number of quaternary nitrogens is 1. The number of thiazole rings is 1. The Kier molecular flexibility index (Phi) is 5.15. The van der Waals surface area contributed by atoms with Crippen molar-refractivity contribution in [1.82, 2.24) is 14.5 Å². The number of hydrogen-bond acceptors (Lipinski definition) is 7. The Balaban J connectivity index is 1.63. The van der Waals surface area contributed by atoms with Gasteiger partial charge in [0.1, 0.15) is 6.67 Å². The van der Waals surface area contributed by atoms with E-state index in [2.05, 4.69) is 16.8 Å². The number of hydroxylamine groups is 2. The number of aromatic nitrogens is 1. The van der Waals surface area contributed by atoms with Crippen molar-refractivity contribution in [1.29, 1.82) is 0 Å². The fraction of sp³-hybridized carbons (Fsp3) is 0.300. The van der Waals surface area contributed by atoms with Crippen LogP contribution in [0.1, 0.15) is 23.9 Å². The van der Waals surface area contributed by atoms with Crippen LogP contribution >= 0.6 is 11.3 Å². The van der Waals surface area contributed by atoms with E-state index in [9.17, 15) is 10.0 Å². The molecule has 1 aliphatic heterocycles. The number of para-hydroxylation sites is 1. The second-order valence-electron chi connectivity index (χ2n) is 6.49. The smallest absolute Gasteiger partial charge is 0.378 e. The molecule has 0 spiro atoms. The lowest BCUT2D eigenvalue weighted by Gasteiger charge is -2.38. The highest BCUT2D eigenvalue weighted by atomic mass is 32.1. The van der Waals surface area contributed by atoms with E-state index < -0.39 is 16.8 Å². The minimum Gasteiger partial charge on any atom is -0.622 e. The average Bonchev–Trinajstić information content (AvgIpc) is 3.41. The van der Waals surface area contributed by atoms with Crippen molar-refractivity contribution in [3.05, 3.63) is 53.6 Å². The van der Waals surface area contributed by atoms with Crippen molar-refractivity contribution < 1.29 is 13.9 Å². The zero-order valence-corrected chi connectivity index (χ0v) is 16.1. The van der Waals surface area contributed by atoms with Crippen molar-refractivity contribution >= 4 is 32.7 Å². The lowest BCUT2D eigenvalue weighted by atomic mass is 10.3. The largest absolute Gasteiger partial charge is 0.622 e. The van der Waals surface area contributed by atoms with Crippen molar-refractivity contribution in [3.63, 3.8) is 0 Å². The molecule has 28 heavy (non-hydrogen) atoms. The topological polar surface area (TPSA) is 78.6 Å². The fourth-order valence-corrected chi connectivity index (χ4v) is 4.24. The van der Waals surface area contributed by atoms with Crippen LogP contribution < -0.4 is 4.65 Å². The van der Waals surface area contributed by atoms with Crippen LogP contribution in [0.5, 0.6) is 0 Å². The fourth-order valence-electron chi connectivity index (χ4n) is 3.20. The molecule has 8 heteroatoms. The molecule has 0 radical (unpaired) electrons. The van der Waals surface area contributed by atoms with Gasteiger partial charge >= 0.3 is 5.97 Å². The van der Waals surface area contributed by atoms with E-state index in [1.54, 1.807) is 13.0 Å². The normalized spacial score (nSPS) is 22.1. The maximum Gasteiger partial charge on any atom is 0.378 e. The minimum absolute atomic E-state index is 0.0751. The molecule has 0 aliphatic carbocycles. The first-order valence-electron chi connectivity index (χ1n) is 8.91. The van der Waals surface area contributed by atoms with Gasteiger partial charge in [0.2, 0.25) is 5.76 Å². The Morgan fingerprint density at radius 2 is 2.29 bits per heavy atom. The number of benzene rings is 1. The summed E-state index contributed by atoms with van der Waals surface area (Å²) in [5.74, 6) is 5.29. The molecule has 0 saturated carbocycles. The Hall–Kier alpha value is -2.70. The standard InChI is InChI=1S/C20H19N3O4S/c1-2-3-6-11-22-13-18(27-19(24)16-9-7-12-26-16)23(25,14-22)20-21-15-8-4-5-10-17(15)28-20/h4-5,7-10,12,18H,6,11,13-14H2,1H3. The van der Waals surface area contributed by atoms with Gasteiger partial charge in [0.15, 0.2) is 0 Å². The van der Waals surface area contributed by atoms with Crippen LogP contribution in [-0.4, -0.2) is 41.8 Å². The zero-order valence-electron chi connectivity index (χ0n) is 15.3. The molecule has 1 saturated heterocycles. The van der Waals surface area contributed by atoms with Gasteiger partial charge in [0.25, 0.3) is 11.4 Å². The van der Waals surface area contributed by atoms with E-state index in [4.69, 9.17) is 9.15 Å². The van der Waals surface area contributed by atoms with Crippen molar-refractivity contribution in [2.45, 2.75) is 19.6 Å². The van der Waals surface area contributed by atoms with Gasteiger partial charge < -0.3 is 14.4 Å². The summed E-state index contributed by atoms with van der Waals surface area (Å²) >= 11 is 1.33. The highest BCUT2D eigenvalue weighted by Crippen LogP contribution is 2.38. The zero-order chi connectivity index (χ0) is 19.6. The summed E-state index contributed by atoms with van der Waals surface area (Å²) in [6, 6.07) is 10.7. The highest BCUT2D eigenvalue weighted by molar-refractivity contribution is 7.22. The quantitative estimate of drug-likeness (QED) is 0.283. The first-order chi connectivity index (χ1) is 13.6. The number of nitrogens with zero attached hydrogens (tertiary/aromatic N) is 3. The molecular weight excluding hydrogens is 378 g/mol. The molecule has 0 N–H and O–H groups in total. The summed E-state index contributed by atoms with van der Waals surface area (Å²) in [7, 11) is 0. The Bertz CT molecular complexity index is 1000. The number of fused-ring (bicyclic) bond motifs is 1. The molecule has 2 unspecified atom stereocenters. The first kappa shape index (κ1) is 18.7. The van der Waals surface area contributed by atoms with Gasteiger partial charge in [0.05, 0.1) is 23.0 Å². The molecule has 0 amide bonds. The van der Waals surface area contributed by atoms with Gasteiger partial charge in [-0.2, -0.15) is 4.98 Å². The van der Waals surface area contributed by atoms with Gasteiger partial charge in [-0.3, -0.25) is 4.65 Å². The van der Waals surface area contributed by atoms with Crippen molar-refractivity contribution in [2.24, 2.45) is 0 Å². The number of hydrogen-bond donors (Lipinski definition) is 0. The molecule has 3 aromatic rings. The summed E-state index contributed by atoms with van der Waals surface area (Å²) in [5, 5.41) is 14.2. The molecule has 1 aliphatic rings. The third-order valence-corrected chi connectivity index (χ3v) is 5.74. The number of esters is 1. The number of furan rings is 1. The Labute approximate surface area is 166 Å². The van der Waals surface area contributed by atoms with Gasteiger partial charge in [-0.25, -0.2) is 9.69 Å². The maximum absolute atomic E-state index is 13.9. The molecule has 144 valence electrons. The third-order valence-electron chi connectivity index (χ3n) is 4.59. The number of carbonyl (C=O) groups is 1.